The summed E-state index contributed by atoms with van der Waals surface area (Å²) in [5.74, 6) is 0.00441. The van der Waals surface area contributed by atoms with E-state index in [0.29, 0.717) is 27.2 Å². The zero-order valence-electron chi connectivity index (χ0n) is 13.6. The second-order valence-electron chi connectivity index (χ2n) is 5.39. The molecule has 1 heterocycles. The molecule has 0 spiro atoms. The minimum Gasteiger partial charge on any atom is -0.361 e. The second kappa shape index (κ2) is 7.30. The molecule has 0 aliphatic heterocycles. The van der Waals surface area contributed by atoms with Gasteiger partial charge in [-0.3, -0.25) is 9.52 Å². The summed E-state index contributed by atoms with van der Waals surface area (Å²) in [6.07, 6.45) is 1.32. The van der Waals surface area contributed by atoms with E-state index in [1.54, 1.807) is 37.3 Å². The predicted molar refractivity (Wildman–Crippen MR) is 101 cm³/mol. The van der Waals surface area contributed by atoms with E-state index in [-0.39, 0.29) is 4.90 Å². The number of hydrogen-bond donors (Lipinski definition) is 2. The van der Waals surface area contributed by atoms with Crippen molar-refractivity contribution in [3.05, 3.63) is 70.5 Å². The van der Waals surface area contributed by atoms with Gasteiger partial charge in [0, 0.05) is 10.2 Å². The molecule has 0 aliphatic carbocycles. The molecular formula is C17H14BrN3O4S. The van der Waals surface area contributed by atoms with Gasteiger partial charge >= 0.3 is 0 Å². The van der Waals surface area contributed by atoms with Crippen molar-refractivity contribution >= 4 is 43.2 Å². The summed E-state index contributed by atoms with van der Waals surface area (Å²) in [6, 6.07) is 12.8. The van der Waals surface area contributed by atoms with Crippen molar-refractivity contribution in [3.8, 4) is 0 Å². The van der Waals surface area contributed by atoms with Gasteiger partial charge < -0.3 is 9.84 Å². The molecular weight excluding hydrogens is 422 g/mol. The number of anilines is 2. The van der Waals surface area contributed by atoms with Gasteiger partial charge in [0.2, 0.25) is 0 Å². The summed E-state index contributed by atoms with van der Waals surface area (Å²) in [7, 11) is -3.75. The van der Waals surface area contributed by atoms with Gasteiger partial charge in [-0.25, -0.2) is 8.42 Å². The van der Waals surface area contributed by atoms with Gasteiger partial charge in [0.05, 0.1) is 16.8 Å². The number of rotatable bonds is 5. The van der Waals surface area contributed by atoms with Crippen LogP contribution in [0.4, 0.5) is 11.4 Å². The van der Waals surface area contributed by atoms with Gasteiger partial charge in [-0.1, -0.05) is 33.2 Å². The van der Waals surface area contributed by atoms with Crippen molar-refractivity contribution < 1.29 is 17.7 Å². The highest BCUT2D eigenvalue weighted by molar-refractivity contribution is 9.10. The second-order valence-corrected chi connectivity index (χ2v) is 7.99. The number of benzene rings is 2. The Morgan fingerprint density at radius 3 is 2.54 bits per heavy atom. The average molecular weight is 436 g/mol. The van der Waals surface area contributed by atoms with Crippen LogP contribution in [0.3, 0.4) is 0 Å². The van der Waals surface area contributed by atoms with Crippen LogP contribution in [-0.4, -0.2) is 19.5 Å². The molecule has 0 atom stereocenters. The lowest BCUT2D eigenvalue weighted by atomic mass is 10.2. The van der Waals surface area contributed by atoms with E-state index in [4.69, 9.17) is 4.52 Å². The van der Waals surface area contributed by atoms with Crippen LogP contribution >= 0.6 is 15.9 Å². The number of carbonyl (C=O) groups is 1. The Kier molecular flexibility index (Phi) is 5.10. The molecule has 0 fully saturated rings. The fourth-order valence-corrected chi connectivity index (χ4v) is 3.87. The van der Waals surface area contributed by atoms with Crippen molar-refractivity contribution in [1.29, 1.82) is 0 Å². The number of sulfonamides is 1. The Morgan fingerprint density at radius 1 is 1.12 bits per heavy atom. The first-order chi connectivity index (χ1) is 12.3. The Balaban J connectivity index is 1.79. The Hall–Kier alpha value is -2.65. The van der Waals surface area contributed by atoms with Crippen LogP contribution in [0.1, 0.15) is 16.1 Å². The summed E-state index contributed by atoms with van der Waals surface area (Å²) in [5, 5.41) is 6.24. The van der Waals surface area contributed by atoms with Crippen LogP contribution < -0.4 is 10.0 Å². The molecule has 2 aromatic carbocycles. The molecule has 2 N–H and O–H groups in total. The van der Waals surface area contributed by atoms with Gasteiger partial charge in [-0.2, -0.15) is 0 Å². The minimum atomic E-state index is -3.75. The third kappa shape index (κ3) is 4.12. The van der Waals surface area contributed by atoms with Crippen molar-refractivity contribution in [3.63, 3.8) is 0 Å². The quantitative estimate of drug-likeness (QED) is 0.634. The smallest absolute Gasteiger partial charge is 0.261 e. The highest BCUT2D eigenvalue weighted by atomic mass is 79.9. The van der Waals surface area contributed by atoms with E-state index in [1.165, 1.54) is 24.4 Å². The van der Waals surface area contributed by atoms with Crippen LogP contribution in [0.15, 0.2) is 68.6 Å². The van der Waals surface area contributed by atoms with Crippen LogP contribution in [0, 0.1) is 6.92 Å². The molecule has 0 bridgehead atoms. The first kappa shape index (κ1) is 18.2. The summed E-state index contributed by atoms with van der Waals surface area (Å²) in [5.41, 5.74) is 1.07. The number of nitrogens with one attached hydrogen (secondary N) is 2. The van der Waals surface area contributed by atoms with E-state index in [9.17, 15) is 13.2 Å². The Bertz CT molecular complexity index is 1060. The molecule has 3 rings (SSSR count). The van der Waals surface area contributed by atoms with Crippen molar-refractivity contribution in [1.82, 2.24) is 5.16 Å². The number of carbonyl (C=O) groups excluding carboxylic acids is 1. The van der Waals surface area contributed by atoms with Crippen molar-refractivity contribution in [2.24, 2.45) is 0 Å². The number of amides is 1. The zero-order valence-corrected chi connectivity index (χ0v) is 16.0. The van der Waals surface area contributed by atoms with Crippen LogP contribution in [0.5, 0.6) is 0 Å². The SMILES string of the molecule is Cc1oncc1C(=O)Nc1cccc(NS(=O)(=O)c2cccc(Br)c2)c1. The maximum absolute atomic E-state index is 12.5. The van der Waals surface area contributed by atoms with Crippen LogP contribution in [0.25, 0.3) is 0 Å². The highest BCUT2D eigenvalue weighted by Crippen LogP contribution is 2.22. The normalized spacial score (nSPS) is 11.2. The lowest BCUT2D eigenvalue weighted by Gasteiger charge is -2.10. The fraction of sp³-hybridized carbons (Fsp3) is 0.0588. The molecule has 0 saturated heterocycles. The topological polar surface area (TPSA) is 101 Å². The molecule has 0 unspecified atom stereocenters. The predicted octanol–water partition coefficient (Wildman–Crippen LogP) is 3.80. The Morgan fingerprint density at radius 2 is 1.85 bits per heavy atom. The number of halogens is 1. The number of aromatic nitrogens is 1. The van der Waals surface area contributed by atoms with Crippen molar-refractivity contribution in [2.45, 2.75) is 11.8 Å². The lowest BCUT2D eigenvalue weighted by molar-refractivity contribution is 0.102. The van der Waals surface area contributed by atoms with Gasteiger partial charge in [0.25, 0.3) is 15.9 Å². The lowest BCUT2D eigenvalue weighted by Crippen LogP contribution is -2.14. The molecule has 3 aromatic rings. The number of hydrogen-bond acceptors (Lipinski definition) is 5. The van der Waals surface area contributed by atoms with E-state index in [1.807, 2.05) is 0 Å². The third-order valence-corrected chi connectivity index (χ3v) is 5.35. The van der Waals surface area contributed by atoms with Gasteiger partial charge in [0.15, 0.2) is 0 Å². The molecule has 26 heavy (non-hydrogen) atoms. The van der Waals surface area contributed by atoms with Gasteiger partial charge in [0.1, 0.15) is 11.3 Å². The molecule has 0 saturated carbocycles. The summed E-state index contributed by atoms with van der Waals surface area (Å²) in [4.78, 5) is 12.3. The molecule has 134 valence electrons. The first-order valence-electron chi connectivity index (χ1n) is 7.46. The number of aryl methyl sites for hydroxylation is 1. The van der Waals surface area contributed by atoms with E-state index >= 15 is 0 Å². The standard InChI is InChI=1S/C17H14BrN3O4S/c1-11-16(10-19-25-11)17(22)20-13-5-3-6-14(9-13)21-26(23,24)15-7-2-4-12(18)8-15/h2-10,21H,1H3,(H,20,22). The van der Waals surface area contributed by atoms with E-state index < -0.39 is 15.9 Å². The summed E-state index contributed by atoms with van der Waals surface area (Å²) < 4.78 is 33.0. The molecule has 0 aliphatic rings. The molecule has 1 amide bonds. The van der Waals surface area contributed by atoms with Gasteiger partial charge in [-0.05, 0) is 43.3 Å². The average Bonchev–Trinajstić information content (AvgIpc) is 3.01. The maximum Gasteiger partial charge on any atom is 0.261 e. The van der Waals surface area contributed by atoms with E-state index in [0.717, 1.165) is 0 Å². The Labute approximate surface area is 158 Å². The molecule has 1 aromatic heterocycles. The van der Waals surface area contributed by atoms with E-state index in [2.05, 4.69) is 31.1 Å². The fourth-order valence-electron chi connectivity index (χ4n) is 2.22. The molecule has 9 heteroatoms. The van der Waals surface area contributed by atoms with Crippen LogP contribution in [-0.2, 0) is 10.0 Å². The largest absolute Gasteiger partial charge is 0.361 e. The number of nitrogens with zero attached hydrogens (tertiary/aromatic N) is 1. The first-order valence-corrected chi connectivity index (χ1v) is 9.74. The monoisotopic (exact) mass is 435 g/mol. The third-order valence-electron chi connectivity index (χ3n) is 3.47. The maximum atomic E-state index is 12.5. The van der Waals surface area contributed by atoms with Crippen molar-refractivity contribution in [2.75, 3.05) is 10.0 Å². The summed E-state index contributed by atoms with van der Waals surface area (Å²) >= 11 is 3.25. The van der Waals surface area contributed by atoms with Crippen LogP contribution in [0.2, 0.25) is 0 Å². The summed E-state index contributed by atoms with van der Waals surface area (Å²) in [6.45, 7) is 1.63. The molecule has 0 radical (unpaired) electrons. The molecule has 7 nitrogen and oxygen atoms in total. The minimum absolute atomic E-state index is 0.126. The zero-order chi connectivity index (χ0) is 18.7. The van der Waals surface area contributed by atoms with Gasteiger partial charge in [-0.15, -0.1) is 0 Å². The highest BCUT2D eigenvalue weighted by Gasteiger charge is 2.16.